The Balaban J connectivity index is 2.00. The Morgan fingerprint density at radius 1 is 1.20 bits per heavy atom. The van der Waals surface area contributed by atoms with E-state index < -0.39 is 49.5 Å². The molecule has 1 aromatic heterocycles. The summed E-state index contributed by atoms with van der Waals surface area (Å²) >= 11 is 12.8. The number of aliphatic imine (C=N–C) groups is 1. The Labute approximate surface area is 246 Å². The number of carbonyl (C=O) groups is 2. The van der Waals surface area contributed by atoms with Crippen molar-refractivity contribution in [2.45, 2.75) is 83.0 Å². The lowest BCUT2D eigenvalue weighted by molar-refractivity contribution is -0.147. The van der Waals surface area contributed by atoms with Gasteiger partial charge in [-0.05, 0) is 64.2 Å². The second kappa shape index (κ2) is 12.8. The third kappa shape index (κ3) is 8.08. The Morgan fingerprint density at radius 2 is 1.83 bits per heavy atom. The summed E-state index contributed by atoms with van der Waals surface area (Å²) in [6.07, 6.45) is 1.49. The quantitative estimate of drug-likeness (QED) is 0.290. The van der Waals surface area contributed by atoms with Gasteiger partial charge in [-0.25, -0.2) is 13.4 Å². The molecule has 2 N–H and O–H groups in total. The van der Waals surface area contributed by atoms with Crippen LogP contribution in [0.1, 0.15) is 69.8 Å². The maximum atomic E-state index is 13.0. The highest BCUT2D eigenvalue weighted by atomic mass is 35.5. The summed E-state index contributed by atoms with van der Waals surface area (Å²) in [4.78, 5) is 27.4. The number of aromatic nitrogens is 2. The third-order valence-corrected chi connectivity index (χ3v) is 9.56. The Bertz CT molecular complexity index is 1440. The molecule has 1 aliphatic carbocycles. The molecule has 0 radical (unpaired) electrons. The molecular formula is C26H31Cl2F3N4O5S. The minimum Gasteiger partial charge on any atom is -0.481 e. The first-order chi connectivity index (χ1) is 18.9. The van der Waals surface area contributed by atoms with E-state index in [9.17, 15) is 36.3 Å². The lowest BCUT2D eigenvalue weighted by atomic mass is 9.89. The SMILES string of the molecule is CC(NS(=O)(=O)c1ccc(-c2cc(C(=O)N=CCC(C)(C)C(=O)O)nn2CC2CCCCC2)c(Cl)c1Cl)C(F)(F)F. The van der Waals surface area contributed by atoms with Crippen molar-refractivity contribution in [2.24, 2.45) is 16.3 Å². The zero-order valence-electron chi connectivity index (χ0n) is 22.6. The number of nitrogens with zero attached hydrogens (tertiary/aromatic N) is 3. The van der Waals surface area contributed by atoms with Gasteiger partial charge in [0.15, 0.2) is 5.69 Å². The van der Waals surface area contributed by atoms with Gasteiger partial charge in [0, 0.05) is 18.3 Å². The van der Waals surface area contributed by atoms with Crippen LogP contribution in [0.15, 0.2) is 28.1 Å². The number of rotatable bonds is 10. The minimum absolute atomic E-state index is 0.00206. The van der Waals surface area contributed by atoms with Gasteiger partial charge in [-0.1, -0.05) is 42.5 Å². The van der Waals surface area contributed by atoms with E-state index in [0.717, 1.165) is 38.2 Å². The van der Waals surface area contributed by atoms with Crippen molar-refractivity contribution in [3.63, 3.8) is 0 Å². The summed E-state index contributed by atoms with van der Waals surface area (Å²) in [6.45, 7) is 4.08. The van der Waals surface area contributed by atoms with E-state index in [1.807, 2.05) is 0 Å². The van der Waals surface area contributed by atoms with Crippen LogP contribution in [0.25, 0.3) is 11.3 Å². The summed E-state index contributed by atoms with van der Waals surface area (Å²) < 4.78 is 67.4. The summed E-state index contributed by atoms with van der Waals surface area (Å²) in [6, 6.07) is 1.39. The molecule has 1 fully saturated rings. The lowest BCUT2D eigenvalue weighted by Crippen LogP contribution is -2.43. The van der Waals surface area contributed by atoms with E-state index in [1.54, 1.807) is 9.40 Å². The molecule has 41 heavy (non-hydrogen) atoms. The van der Waals surface area contributed by atoms with Crippen LogP contribution in [-0.2, 0) is 21.4 Å². The molecule has 1 amide bonds. The van der Waals surface area contributed by atoms with E-state index in [-0.39, 0.29) is 28.6 Å². The number of carboxylic acid groups (broad SMARTS) is 1. The molecule has 2 aromatic rings. The Morgan fingerprint density at radius 3 is 2.41 bits per heavy atom. The van der Waals surface area contributed by atoms with Gasteiger partial charge in [0.05, 0.1) is 21.2 Å². The minimum atomic E-state index is -4.82. The van der Waals surface area contributed by atoms with Crippen LogP contribution >= 0.6 is 23.2 Å². The van der Waals surface area contributed by atoms with E-state index in [2.05, 4.69) is 10.1 Å². The van der Waals surface area contributed by atoms with Crippen molar-refractivity contribution >= 4 is 51.3 Å². The molecule has 0 bridgehead atoms. The highest BCUT2D eigenvalue weighted by molar-refractivity contribution is 7.89. The molecule has 1 unspecified atom stereocenters. The molecule has 3 rings (SSSR count). The van der Waals surface area contributed by atoms with Crippen molar-refractivity contribution in [3.8, 4) is 11.3 Å². The van der Waals surface area contributed by atoms with Crippen molar-refractivity contribution in [1.82, 2.24) is 14.5 Å². The maximum absolute atomic E-state index is 13.0. The maximum Gasteiger partial charge on any atom is 0.404 e. The zero-order valence-corrected chi connectivity index (χ0v) is 25.0. The molecule has 1 heterocycles. The normalized spacial score (nSPS) is 16.3. The van der Waals surface area contributed by atoms with Gasteiger partial charge < -0.3 is 5.11 Å². The van der Waals surface area contributed by atoms with Gasteiger partial charge in [0.25, 0.3) is 5.91 Å². The second-order valence-corrected chi connectivity index (χ2v) is 13.2. The largest absolute Gasteiger partial charge is 0.481 e. The summed E-state index contributed by atoms with van der Waals surface area (Å²) in [5, 5.41) is 13.0. The van der Waals surface area contributed by atoms with Crippen LogP contribution in [0.5, 0.6) is 0 Å². The van der Waals surface area contributed by atoms with Crippen LogP contribution in [0, 0.1) is 11.3 Å². The smallest absolute Gasteiger partial charge is 0.404 e. The van der Waals surface area contributed by atoms with Crippen LogP contribution in [0.4, 0.5) is 13.2 Å². The molecule has 0 spiro atoms. The van der Waals surface area contributed by atoms with E-state index in [0.29, 0.717) is 19.2 Å². The first-order valence-electron chi connectivity index (χ1n) is 12.9. The van der Waals surface area contributed by atoms with Gasteiger partial charge in [-0.3, -0.25) is 14.3 Å². The number of nitrogens with one attached hydrogen (secondary N) is 1. The van der Waals surface area contributed by atoms with Crippen molar-refractivity contribution in [2.75, 3.05) is 0 Å². The molecule has 9 nitrogen and oxygen atoms in total. The molecule has 1 atom stereocenters. The van der Waals surface area contributed by atoms with Crippen molar-refractivity contribution in [1.29, 1.82) is 0 Å². The molecule has 0 saturated heterocycles. The summed E-state index contributed by atoms with van der Waals surface area (Å²) in [5.74, 6) is -1.51. The number of aliphatic carboxylic acids is 1. The number of carboxylic acids is 1. The fourth-order valence-electron chi connectivity index (χ4n) is 4.30. The molecule has 1 aliphatic rings. The zero-order chi connectivity index (χ0) is 30.8. The first kappa shape index (κ1) is 33.0. The topological polar surface area (TPSA) is 131 Å². The number of carbonyl (C=O) groups excluding carboxylic acids is 1. The number of amides is 1. The number of sulfonamides is 1. The number of alkyl halides is 3. The Hall–Kier alpha value is -2.48. The number of hydrogen-bond acceptors (Lipinski definition) is 5. The lowest BCUT2D eigenvalue weighted by Gasteiger charge is -2.22. The average molecular weight is 640 g/mol. The van der Waals surface area contributed by atoms with Gasteiger partial charge in [-0.15, -0.1) is 0 Å². The van der Waals surface area contributed by atoms with Crippen molar-refractivity contribution < 1.29 is 36.3 Å². The number of halogens is 5. The Kier molecular flexibility index (Phi) is 10.3. The molecular weight excluding hydrogens is 608 g/mol. The summed E-state index contributed by atoms with van der Waals surface area (Å²) in [7, 11) is -4.69. The van der Waals surface area contributed by atoms with Crippen molar-refractivity contribution in [3.05, 3.63) is 33.9 Å². The monoisotopic (exact) mass is 638 g/mol. The molecule has 1 saturated carbocycles. The molecule has 1 aromatic carbocycles. The predicted octanol–water partition coefficient (Wildman–Crippen LogP) is 6.38. The van der Waals surface area contributed by atoms with Gasteiger partial charge >= 0.3 is 12.1 Å². The number of benzene rings is 1. The highest BCUT2D eigenvalue weighted by Gasteiger charge is 2.39. The van der Waals surface area contributed by atoms with E-state index >= 15 is 0 Å². The molecule has 0 aliphatic heterocycles. The highest BCUT2D eigenvalue weighted by Crippen LogP contribution is 2.39. The van der Waals surface area contributed by atoms with Gasteiger partial charge in [0.2, 0.25) is 10.0 Å². The molecule has 226 valence electrons. The van der Waals surface area contributed by atoms with Crippen LogP contribution in [0.2, 0.25) is 10.0 Å². The number of hydrogen-bond donors (Lipinski definition) is 2. The second-order valence-electron chi connectivity index (χ2n) is 10.7. The van der Waals surface area contributed by atoms with E-state index in [1.165, 1.54) is 32.2 Å². The standard InChI is InChI=1S/C26H31Cl2F3N4O5S/c1-15(26(29,30)31)34-41(39,40)20-10-9-17(21(27)22(20)28)19-13-18(23(36)32-12-11-25(2,3)24(37)38)33-35(19)14-16-7-5-4-6-8-16/h9-10,12-13,15-16,34H,4-8,11,14H2,1-3H3,(H,37,38). The van der Waals surface area contributed by atoms with Crippen LogP contribution in [0.3, 0.4) is 0 Å². The third-order valence-electron chi connectivity index (χ3n) is 6.98. The van der Waals surface area contributed by atoms with Crippen LogP contribution < -0.4 is 4.72 Å². The fourth-order valence-corrected chi connectivity index (χ4v) is 6.40. The fraction of sp³-hybridized carbons (Fsp3) is 0.538. The van der Waals surface area contributed by atoms with Gasteiger partial charge in [-0.2, -0.15) is 23.0 Å². The van der Waals surface area contributed by atoms with Gasteiger partial charge in [0.1, 0.15) is 10.9 Å². The van der Waals surface area contributed by atoms with E-state index in [4.69, 9.17) is 23.2 Å². The first-order valence-corrected chi connectivity index (χ1v) is 15.1. The van der Waals surface area contributed by atoms with Crippen LogP contribution in [-0.4, -0.2) is 53.6 Å². The average Bonchev–Trinajstić information content (AvgIpc) is 3.28. The molecule has 15 heteroatoms. The predicted molar refractivity (Wildman–Crippen MR) is 149 cm³/mol. The summed E-state index contributed by atoms with van der Waals surface area (Å²) in [5.41, 5.74) is -0.621.